The zero-order valence-corrected chi connectivity index (χ0v) is 17.6. The number of hydrogen-bond donors (Lipinski definition) is 4. The summed E-state index contributed by atoms with van der Waals surface area (Å²) in [7, 11) is 0. The van der Waals surface area contributed by atoms with Crippen LogP contribution < -0.4 is 21.7 Å². The van der Waals surface area contributed by atoms with Crippen molar-refractivity contribution in [2.75, 3.05) is 5.32 Å². The van der Waals surface area contributed by atoms with Crippen LogP contribution in [0.25, 0.3) is 11.7 Å². The van der Waals surface area contributed by atoms with E-state index in [1.807, 2.05) is 6.07 Å². The van der Waals surface area contributed by atoms with E-state index in [4.69, 9.17) is 4.99 Å². The van der Waals surface area contributed by atoms with Crippen molar-refractivity contribution >= 4 is 33.5 Å². The van der Waals surface area contributed by atoms with Gasteiger partial charge in [-0.25, -0.2) is 14.2 Å². The van der Waals surface area contributed by atoms with Crippen LogP contribution in [0.2, 0.25) is 0 Å². The van der Waals surface area contributed by atoms with Gasteiger partial charge < -0.3 is 15.4 Å². The van der Waals surface area contributed by atoms with E-state index in [0.29, 0.717) is 33.2 Å². The Morgan fingerprint density at radius 1 is 1.35 bits per heavy atom. The Morgan fingerprint density at radius 3 is 2.90 bits per heavy atom. The molecule has 1 aromatic carbocycles. The van der Waals surface area contributed by atoms with Crippen molar-refractivity contribution in [1.29, 1.82) is 0 Å². The fourth-order valence-electron chi connectivity index (χ4n) is 3.14. The summed E-state index contributed by atoms with van der Waals surface area (Å²) in [6, 6.07) is 6.60. The first-order valence-electron chi connectivity index (χ1n) is 9.60. The molecule has 1 fully saturated rings. The molecule has 31 heavy (non-hydrogen) atoms. The van der Waals surface area contributed by atoms with E-state index < -0.39 is 5.69 Å². The number of hydrogen-bond acceptors (Lipinski definition) is 6. The number of fused-ring (bicyclic) bond motifs is 1. The first-order valence-corrected chi connectivity index (χ1v) is 10.4. The van der Waals surface area contributed by atoms with Gasteiger partial charge in [0, 0.05) is 22.3 Å². The van der Waals surface area contributed by atoms with E-state index in [2.05, 4.69) is 41.3 Å². The summed E-state index contributed by atoms with van der Waals surface area (Å²) in [5.41, 5.74) is 1.77. The number of anilines is 1. The van der Waals surface area contributed by atoms with Crippen LogP contribution in [-0.4, -0.2) is 35.7 Å². The van der Waals surface area contributed by atoms with Gasteiger partial charge in [0.05, 0.1) is 12.2 Å². The zero-order valence-electron chi connectivity index (χ0n) is 16.1. The molecule has 0 atom stereocenters. The second-order valence-electron chi connectivity index (χ2n) is 7.27. The highest BCUT2D eigenvalue weighted by Crippen LogP contribution is 2.23. The maximum Gasteiger partial charge on any atom is 0.326 e. The molecule has 1 aliphatic carbocycles. The third kappa shape index (κ3) is 4.08. The number of benzene rings is 1. The van der Waals surface area contributed by atoms with Crippen LogP contribution in [-0.2, 0) is 6.54 Å². The molecule has 5 rings (SSSR count). The average molecular weight is 486 g/mol. The number of imidazole rings is 1. The third-order valence-corrected chi connectivity index (χ3v) is 5.59. The molecule has 4 aromatic rings. The quantitative estimate of drug-likeness (QED) is 0.341. The van der Waals surface area contributed by atoms with Crippen molar-refractivity contribution in [3.8, 4) is 5.88 Å². The summed E-state index contributed by atoms with van der Waals surface area (Å²) in [4.78, 5) is 25.6. The molecule has 0 saturated heterocycles. The molecule has 158 valence electrons. The van der Waals surface area contributed by atoms with Crippen molar-refractivity contribution in [3.63, 3.8) is 0 Å². The first kappa shape index (κ1) is 19.5. The number of aromatic hydroxyl groups is 1. The average Bonchev–Trinajstić information content (AvgIpc) is 3.36. The van der Waals surface area contributed by atoms with E-state index in [0.717, 1.165) is 18.4 Å². The van der Waals surface area contributed by atoms with Crippen LogP contribution in [0.5, 0.6) is 5.88 Å². The van der Waals surface area contributed by atoms with Gasteiger partial charge >= 0.3 is 5.69 Å². The smallest absolute Gasteiger partial charge is 0.326 e. The van der Waals surface area contributed by atoms with Crippen LogP contribution in [0, 0.1) is 5.82 Å². The number of H-pyrrole nitrogens is 2. The fraction of sp³-hybridized carbons (Fsp3) is 0.200. The summed E-state index contributed by atoms with van der Waals surface area (Å²) in [6.07, 6.45) is 5.25. The highest BCUT2D eigenvalue weighted by molar-refractivity contribution is 9.10. The molecule has 3 heterocycles. The summed E-state index contributed by atoms with van der Waals surface area (Å²) < 4.78 is 15.6. The maximum absolute atomic E-state index is 13.4. The van der Waals surface area contributed by atoms with Gasteiger partial charge in [0.25, 0.3) is 0 Å². The third-order valence-electron chi connectivity index (χ3n) is 4.85. The van der Waals surface area contributed by atoms with Gasteiger partial charge in [-0.1, -0.05) is 22.0 Å². The minimum atomic E-state index is -0.509. The minimum Gasteiger partial charge on any atom is -0.493 e. The molecule has 0 aliphatic heterocycles. The topological polar surface area (TPSA) is 123 Å². The molecule has 0 spiro atoms. The second-order valence-corrected chi connectivity index (χ2v) is 8.12. The number of rotatable bonds is 5. The highest BCUT2D eigenvalue weighted by atomic mass is 79.9. The Kier molecular flexibility index (Phi) is 4.81. The monoisotopic (exact) mass is 485 g/mol. The Balaban J connectivity index is 1.58. The van der Waals surface area contributed by atoms with Gasteiger partial charge in [-0.05, 0) is 36.6 Å². The predicted molar refractivity (Wildman–Crippen MR) is 115 cm³/mol. The van der Waals surface area contributed by atoms with E-state index in [1.54, 1.807) is 22.9 Å². The second kappa shape index (κ2) is 7.65. The van der Waals surface area contributed by atoms with Crippen LogP contribution in [0.1, 0.15) is 24.1 Å². The Bertz CT molecular complexity index is 1470. The largest absolute Gasteiger partial charge is 0.493 e. The van der Waals surface area contributed by atoms with Gasteiger partial charge in [0.15, 0.2) is 11.1 Å². The number of halogens is 2. The molecule has 9 nitrogen and oxygen atoms in total. The van der Waals surface area contributed by atoms with Crippen LogP contribution in [0.3, 0.4) is 0 Å². The van der Waals surface area contributed by atoms with Crippen molar-refractivity contribution in [1.82, 2.24) is 24.6 Å². The molecule has 3 aromatic heterocycles. The molecule has 0 radical (unpaired) electrons. The number of nitrogens with one attached hydrogen (secondary N) is 3. The Labute approximate surface area is 182 Å². The lowest BCUT2D eigenvalue weighted by molar-refractivity contribution is 0.454. The van der Waals surface area contributed by atoms with Gasteiger partial charge in [-0.15, -0.1) is 0 Å². The number of nitrogens with zero attached hydrogens (tertiary/aromatic N) is 4. The lowest BCUT2D eigenvalue weighted by Gasteiger charge is -2.08. The number of aromatic amines is 2. The van der Waals surface area contributed by atoms with Gasteiger partial charge in [-0.3, -0.25) is 9.98 Å². The van der Waals surface area contributed by atoms with Gasteiger partial charge in [0.1, 0.15) is 17.3 Å². The molecule has 1 saturated carbocycles. The summed E-state index contributed by atoms with van der Waals surface area (Å²) in [6.45, 7) is 0.423. The van der Waals surface area contributed by atoms with Crippen LogP contribution >= 0.6 is 15.9 Å². The molecule has 11 heteroatoms. The SMILES string of the molecule is O=c1[nH]c(O)c(/C=c2\cnn3c(=NC4CC4)cc(NCc4ccc(F)cc4Br)nc23)[nH]1. The van der Waals surface area contributed by atoms with E-state index in [9.17, 15) is 14.3 Å². The lowest BCUT2D eigenvalue weighted by atomic mass is 10.2. The normalized spacial score (nSPS) is 15.2. The lowest BCUT2D eigenvalue weighted by Crippen LogP contribution is -2.20. The Hall–Kier alpha value is -3.47. The zero-order chi connectivity index (χ0) is 21.5. The molecule has 0 unspecified atom stereocenters. The highest BCUT2D eigenvalue weighted by Gasteiger charge is 2.20. The van der Waals surface area contributed by atoms with Crippen LogP contribution in [0.15, 0.2) is 44.7 Å². The molecule has 0 bridgehead atoms. The van der Waals surface area contributed by atoms with E-state index >= 15 is 0 Å². The van der Waals surface area contributed by atoms with Crippen molar-refractivity contribution in [2.45, 2.75) is 25.4 Å². The summed E-state index contributed by atoms with van der Waals surface area (Å²) in [5, 5.41) is 18.1. The molecule has 0 amide bonds. The van der Waals surface area contributed by atoms with E-state index in [-0.39, 0.29) is 23.4 Å². The predicted octanol–water partition coefficient (Wildman–Crippen LogP) is 1.58. The fourth-order valence-corrected chi connectivity index (χ4v) is 3.63. The standard InChI is InChI=1S/C20H17BrFN7O2/c21-14-6-12(22)2-1-10(14)8-23-16-7-17(25-13-3-4-13)29-18(27-16)11(9-24-29)5-15-19(30)28-20(31)26-15/h1-2,5-7,9,13,23,30H,3-4,8H2,(H2,26,28,31)/b11-5+,25-17?. The first-order chi connectivity index (χ1) is 15.0. The Morgan fingerprint density at radius 2 is 2.19 bits per heavy atom. The molecule has 1 aliphatic rings. The van der Waals surface area contributed by atoms with Crippen molar-refractivity contribution in [2.24, 2.45) is 4.99 Å². The van der Waals surface area contributed by atoms with E-state index in [1.165, 1.54) is 12.1 Å². The van der Waals surface area contributed by atoms with Crippen molar-refractivity contribution in [3.05, 3.63) is 73.2 Å². The van der Waals surface area contributed by atoms with Gasteiger partial charge in [0.2, 0.25) is 5.88 Å². The van der Waals surface area contributed by atoms with Crippen LogP contribution in [0.4, 0.5) is 10.2 Å². The molecule has 4 N–H and O–H groups in total. The molecular weight excluding hydrogens is 469 g/mol. The minimum absolute atomic E-state index is 0.232. The van der Waals surface area contributed by atoms with Gasteiger partial charge in [-0.2, -0.15) is 9.61 Å². The van der Waals surface area contributed by atoms with Crippen molar-refractivity contribution < 1.29 is 9.50 Å². The summed E-state index contributed by atoms with van der Waals surface area (Å²) in [5.74, 6) is -0.00100. The number of aromatic nitrogens is 5. The molecular formula is C20H17BrFN7O2. The summed E-state index contributed by atoms with van der Waals surface area (Å²) >= 11 is 3.37. The maximum atomic E-state index is 13.4.